The molecular weight excluding hydrogens is 241 g/mol. The predicted octanol–water partition coefficient (Wildman–Crippen LogP) is -0.168. The Hall–Kier alpha value is -2.64. The standard InChI is InChI=1S/C10H12FN5O2/c1-18-8(17)6-4-5(2-3-7(6)11)15-10(14)16-9(12)13/h2-4H,1H3,(H6,12,13,14,15,16). The summed E-state index contributed by atoms with van der Waals surface area (Å²) in [6, 6.07) is 3.56. The van der Waals surface area contributed by atoms with Crippen LogP contribution in [0.5, 0.6) is 0 Å². The van der Waals surface area contributed by atoms with E-state index in [4.69, 9.17) is 17.2 Å². The fourth-order valence-corrected chi connectivity index (χ4v) is 1.14. The Kier molecular flexibility index (Phi) is 4.19. The van der Waals surface area contributed by atoms with Gasteiger partial charge in [-0.05, 0) is 18.2 Å². The van der Waals surface area contributed by atoms with E-state index in [0.29, 0.717) is 0 Å². The molecule has 1 rings (SSSR count). The van der Waals surface area contributed by atoms with Gasteiger partial charge in [0.05, 0.1) is 18.4 Å². The Labute approximate surface area is 102 Å². The summed E-state index contributed by atoms with van der Waals surface area (Å²) in [5.41, 5.74) is 15.6. The number of nitrogens with zero attached hydrogens (tertiary/aromatic N) is 2. The van der Waals surface area contributed by atoms with E-state index in [1.54, 1.807) is 0 Å². The Morgan fingerprint density at radius 3 is 2.56 bits per heavy atom. The molecule has 0 radical (unpaired) electrons. The second-order valence-corrected chi connectivity index (χ2v) is 3.16. The van der Waals surface area contributed by atoms with Crippen LogP contribution in [0, 0.1) is 5.82 Å². The topological polar surface area (TPSA) is 129 Å². The molecule has 0 aliphatic heterocycles. The molecule has 0 aliphatic carbocycles. The van der Waals surface area contributed by atoms with Crippen LogP contribution in [0.25, 0.3) is 0 Å². The highest BCUT2D eigenvalue weighted by Gasteiger charge is 2.12. The lowest BCUT2D eigenvalue weighted by atomic mass is 10.2. The lowest BCUT2D eigenvalue weighted by molar-refractivity contribution is 0.0595. The first-order valence-corrected chi connectivity index (χ1v) is 4.75. The highest BCUT2D eigenvalue weighted by molar-refractivity contribution is 5.94. The summed E-state index contributed by atoms with van der Waals surface area (Å²) < 4.78 is 17.7. The van der Waals surface area contributed by atoms with Gasteiger partial charge in [0.15, 0.2) is 5.96 Å². The normalized spacial score (nSPS) is 10.9. The zero-order valence-electron chi connectivity index (χ0n) is 9.55. The van der Waals surface area contributed by atoms with Crippen molar-refractivity contribution in [2.75, 3.05) is 7.11 Å². The maximum Gasteiger partial charge on any atom is 0.340 e. The Morgan fingerprint density at radius 2 is 2.00 bits per heavy atom. The van der Waals surface area contributed by atoms with Crippen LogP contribution in [-0.4, -0.2) is 25.0 Å². The van der Waals surface area contributed by atoms with Gasteiger partial charge in [0.1, 0.15) is 5.82 Å². The molecule has 0 bridgehead atoms. The molecule has 1 aromatic carbocycles. The third-order valence-corrected chi connectivity index (χ3v) is 1.84. The van der Waals surface area contributed by atoms with Gasteiger partial charge >= 0.3 is 5.97 Å². The number of aliphatic imine (C=N–C) groups is 2. The number of nitrogens with two attached hydrogens (primary N) is 3. The number of guanidine groups is 2. The van der Waals surface area contributed by atoms with Gasteiger partial charge in [-0.2, -0.15) is 4.99 Å². The van der Waals surface area contributed by atoms with Crippen molar-refractivity contribution >= 4 is 23.6 Å². The zero-order chi connectivity index (χ0) is 13.7. The summed E-state index contributed by atoms with van der Waals surface area (Å²) >= 11 is 0. The summed E-state index contributed by atoms with van der Waals surface area (Å²) in [7, 11) is 1.14. The molecule has 96 valence electrons. The van der Waals surface area contributed by atoms with Gasteiger partial charge in [-0.3, -0.25) is 0 Å². The van der Waals surface area contributed by atoms with Crippen molar-refractivity contribution in [3.8, 4) is 0 Å². The highest BCUT2D eigenvalue weighted by Crippen LogP contribution is 2.18. The van der Waals surface area contributed by atoms with Crippen LogP contribution in [-0.2, 0) is 4.74 Å². The second kappa shape index (κ2) is 5.62. The third kappa shape index (κ3) is 3.44. The van der Waals surface area contributed by atoms with Crippen LogP contribution in [0.4, 0.5) is 10.1 Å². The number of hydrogen-bond donors (Lipinski definition) is 3. The molecule has 0 fully saturated rings. The quantitative estimate of drug-likeness (QED) is 0.383. The molecule has 0 saturated carbocycles. The summed E-state index contributed by atoms with van der Waals surface area (Å²) in [5, 5.41) is 0. The number of rotatable bonds is 2. The van der Waals surface area contributed by atoms with Gasteiger partial charge < -0.3 is 21.9 Å². The molecule has 0 heterocycles. The molecule has 6 N–H and O–H groups in total. The van der Waals surface area contributed by atoms with E-state index in [2.05, 4.69) is 14.7 Å². The highest BCUT2D eigenvalue weighted by atomic mass is 19.1. The summed E-state index contributed by atoms with van der Waals surface area (Å²) in [5.74, 6) is -2.00. The van der Waals surface area contributed by atoms with Crippen LogP contribution in [0.2, 0.25) is 0 Å². The Balaban J connectivity index is 3.13. The number of carbonyl (C=O) groups excluding carboxylic acids is 1. The van der Waals surface area contributed by atoms with Crippen LogP contribution in [0.15, 0.2) is 28.2 Å². The summed E-state index contributed by atoms with van der Waals surface area (Å²) in [6.45, 7) is 0. The second-order valence-electron chi connectivity index (χ2n) is 3.16. The average Bonchev–Trinajstić information content (AvgIpc) is 2.29. The van der Waals surface area contributed by atoms with Gasteiger partial charge in [-0.25, -0.2) is 14.2 Å². The molecule has 0 saturated heterocycles. The summed E-state index contributed by atoms with van der Waals surface area (Å²) in [4.78, 5) is 18.5. The first-order chi connectivity index (χ1) is 8.43. The van der Waals surface area contributed by atoms with Gasteiger partial charge in [0.25, 0.3) is 0 Å². The number of carbonyl (C=O) groups is 1. The molecule has 0 atom stereocenters. The van der Waals surface area contributed by atoms with Gasteiger partial charge in [0, 0.05) is 0 Å². The van der Waals surface area contributed by atoms with Crippen molar-refractivity contribution in [2.24, 2.45) is 27.2 Å². The summed E-state index contributed by atoms with van der Waals surface area (Å²) in [6.07, 6.45) is 0. The van der Waals surface area contributed by atoms with Crippen LogP contribution in [0.1, 0.15) is 10.4 Å². The number of halogens is 1. The largest absolute Gasteiger partial charge is 0.465 e. The number of benzene rings is 1. The van der Waals surface area contributed by atoms with Crippen molar-refractivity contribution in [1.29, 1.82) is 0 Å². The van der Waals surface area contributed by atoms with E-state index in [0.717, 1.165) is 13.2 Å². The van der Waals surface area contributed by atoms with E-state index < -0.39 is 11.8 Å². The van der Waals surface area contributed by atoms with E-state index >= 15 is 0 Å². The zero-order valence-corrected chi connectivity index (χ0v) is 9.55. The van der Waals surface area contributed by atoms with E-state index in [9.17, 15) is 9.18 Å². The third-order valence-electron chi connectivity index (χ3n) is 1.84. The molecule has 0 amide bonds. The van der Waals surface area contributed by atoms with Crippen molar-refractivity contribution in [1.82, 2.24) is 0 Å². The van der Waals surface area contributed by atoms with E-state index in [1.165, 1.54) is 12.1 Å². The maximum absolute atomic E-state index is 13.3. The van der Waals surface area contributed by atoms with Crippen molar-refractivity contribution < 1.29 is 13.9 Å². The van der Waals surface area contributed by atoms with Crippen molar-refractivity contribution in [2.45, 2.75) is 0 Å². The molecule has 0 unspecified atom stereocenters. The Morgan fingerprint density at radius 1 is 1.33 bits per heavy atom. The van der Waals surface area contributed by atoms with E-state index in [1.807, 2.05) is 0 Å². The maximum atomic E-state index is 13.3. The SMILES string of the molecule is COC(=O)c1cc(N=C(N)N=C(N)N)ccc1F. The minimum Gasteiger partial charge on any atom is -0.465 e. The van der Waals surface area contributed by atoms with Gasteiger partial charge in [-0.15, -0.1) is 0 Å². The fourth-order valence-electron chi connectivity index (χ4n) is 1.14. The average molecular weight is 253 g/mol. The van der Waals surface area contributed by atoms with E-state index in [-0.39, 0.29) is 23.2 Å². The molecule has 1 aromatic rings. The first-order valence-electron chi connectivity index (χ1n) is 4.75. The molecule has 7 nitrogen and oxygen atoms in total. The molecule has 8 heteroatoms. The van der Waals surface area contributed by atoms with Crippen LogP contribution >= 0.6 is 0 Å². The fraction of sp³-hybridized carbons (Fsp3) is 0.100. The molecule has 0 aliphatic rings. The van der Waals surface area contributed by atoms with Gasteiger partial charge in [-0.1, -0.05) is 0 Å². The smallest absolute Gasteiger partial charge is 0.340 e. The lowest BCUT2D eigenvalue weighted by Gasteiger charge is -2.02. The molecule has 18 heavy (non-hydrogen) atoms. The Bertz CT molecular complexity index is 523. The number of ether oxygens (including phenoxy) is 1. The van der Waals surface area contributed by atoms with Crippen LogP contribution in [0.3, 0.4) is 0 Å². The first kappa shape index (κ1) is 13.4. The van der Waals surface area contributed by atoms with Crippen molar-refractivity contribution in [3.63, 3.8) is 0 Å². The minimum atomic E-state index is -0.815. The van der Waals surface area contributed by atoms with Crippen molar-refractivity contribution in [3.05, 3.63) is 29.6 Å². The number of hydrogen-bond acceptors (Lipinski definition) is 3. The minimum absolute atomic E-state index is 0.211. The lowest BCUT2D eigenvalue weighted by Crippen LogP contribution is -2.26. The number of esters is 1. The number of methoxy groups -OCH3 is 1. The van der Waals surface area contributed by atoms with Crippen LogP contribution < -0.4 is 17.2 Å². The molecule has 0 aromatic heterocycles. The molecular formula is C10H12FN5O2. The predicted molar refractivity (Wildman–Crippen MR) is 64.8 cm³/mol. The monoisotopic (exact) mass is 253 g/mol. The van der Waals surface area contributed by atoms with Gasteiger partial charge in [0.2, 0.25) is 5.96 Å². The molecule has 0 spiro atoms.